The number of benzene rings is 1. The van der Waals surface area contributed by atoms with Crippen LogP contribution in [-0.2, 0) is 0 Å². The van der Waals surface area contributed by atoms with Crippen LogP contribution in [0.2, 0.25) is 5.02 Å². The van der Waals surface area contributed by atoms with Crippen LogP contribution in [-0.4, -0.2) is 28.2 Å². The number of phenols is 1. The Morgan fingerprint density at radius 1 is 1.19 bits per heavy atom. The Balaban J connectivity index is 2.57. The molecule has 2 aromatic rings. The summed E-state index contributed by atoms with van der Waals surface area (Å²) in [6.45, 7) is 7.68. The lowest BCUT2D eigenvalue weighted by Crippen LogP contribution is -2.23. The minimum Gasteiger partial charge on any atom is -0.506 e. The van der Waals surface area contributed by atoms with Gasteiger partial charge in [-0.05, 0) is 38.5 Å². The van der Waals surface area contributed by atoms with Gasteiger partial charge in [0, 0.05) is 24.7 Å². The Labute approximate surface area is 129 Å². The molecule has 2 rings (SSSR count). The average Bonchev–Trinajstić information content (AvgIpc) is 2.43. The van der Waals surface area contributed by atoms with Crippen LogP contribution < -0.4 is 10.6 Å². The van der Waals surface area contributed by atoms with Crippen LogP contribution in [0.3, 0.4) is 0 Å². The Morgan fingerprint density at radius 3 is 2.48 bits per heavy atom. The molecule has 0 amide bonds. The molecule has 0 radical (unpaired) electrons. The van der Waals surface area contributed by atoms with Gasteiger partial charge in [0.15, 0.2) is 0 Å². The van der Waals surface area contributed by atoms with Crippen LogP contribution >= 0.6 is 11.6 Å². The van der Waals surface area contributed by atoms with Crippen LogP contribution in [0.1, 0.15) is 19.4 Å². The van der Waals surface area contributed by atoms with E-state index in [9.17, 15) is 5.11 Å². The molecule has 0 saturated heterocycles. The number of nitrogen functional groups attached to an aromatic ring is 1. The van der Waals surface area contributed by atoms with Gasteiger partial charge in [-0.3, -0.25) is 0 Å². The fourth-order valence-electron chi connectivity index (χ4n) is 2.24. The second-order valence-electron chi connectivity index (χ2n) is 4.76. The van der Waals surface area contributed by atoms with E-state index in [2.05, 4.69) is 28.7 Å². The molecule has 0 aliphatic rings. The Hall–Kier alpha value is -2.01. The number of hydrogen-bond donors (Lipinski definition) is 2. The van der Waals surface area contributed by atoms with Crippen molar-refractivity contribution >= 4 is 23.4 Å². The average molecular weight is 307 g/mol. The fraction of sp³-hybridized carbons (Fsp3) is 0.333. The van der Waals surface area contributed by atoms with Crippen LogP contribution in [0, 0.1) is 6.92 Å². The quantitative estimate of drug-likeness (QED) is 0.907. The van der Waals surface area contributed by atoms with E-state index in [1.54, 1.807) is 12.1 Å². The van der Waals surface area contributed by atoms with Crippen LogP contribution in [0.15, 0.2) is 18.2 Å². The van der Waals surface area contributed by atoms with Crippen molar-refractivity contribution in [1.82, 2.24) is 9.97 Å². The SMILES string of the molecule is CCN(CC)c1cc(-c2cc(Cl)c(O)cc2C)nc(N)n1. The molecular weight excluding hydrogens is 288 g/mol. The minimum atomic E-state index is 0.0592. The lowest BCUT2D eigenvalue weighted by atomic mass is 10.0. The normalized spacial score (nSPS) is 10.7. The van der Waals surface area contributed by atoms with Crippen LogP contribution in [0.4, 0.5) is 11.8 Å². The number of anilines is 2. The zero-order valence-electron chi connectivity index (χ0n) is 12.4. The zero-order valence-corrected chi connectivity index (χ0v) is 13.1. The fourth-order valence-corrected chi connectivity index (χ4v) is 2.41. The minimum absolute atomic E-state index is 0.0592. The first-order chi connectivity index (χ1) is 9.96. The summed E-state index contributed by atoms with van der Waals surface area (Å²) in [5, 5.41) is 9.94. The molecule has 0 saturated carbocycles. The molecule has 5 nitrogen and oxygen atoms in total. The molecule has 0 fully saturated rings. The van der Waals surface area contributed by atoms with E-state index < -0.39 is 0 Å². The van der Waals surface area contributed by atoms with Crippen molar-refractivity contribution in [2.45, 2.75) is 20.8 Å². The highest BCUT2D eigenvalue weighted by Gasteiger charge is 2.13. The predicted molar refractivity (Wildman–Crippen MR) is 86.9 cm³/mol. The summed E-state index contributed by atoms with van der Waals surface area (Å²) in [4.78, 5) is 10.7. The first-order valence-corrected chi connectivity index (χ1v) is 7.23. The van der Waals surface area contributed by atoms with E-state index >= 15 is 0 Å². The van der Waals surface area contributed by atoms with Gasteiger partial charge in [-0.2, -0.15) is 4.98 Å². The number of aromatic nitrogens is 2. The summed E-state index contributed by atoms with van der Waals surface area (Å²) in [7, 11) is 0. The number of aryl methyl sites for hydroxylation is 1. The maximum Gasteiger partial charge on any atom is 0.222 e. The van der Waals surface area contributed by atoms with Gasteiger partial charge in [0.05, 0.1) is 10.7 Å². The molecule has 1 aromatic carbocycles. The Kier molecular flexibility index (Phi) is 4.53. The number of nitrogens with zero attached hydrogens (tertiary/aromatic N) is 3. The summed E-state index contributed by atoms with van der Waals surface area (Å²) in [5.74, 6) is 1.06. The summed E-state index contributed by atoms with van der Waals surface area (Å²) in [5.41, 5.74) is 8.24. The topological polar surface area (TPSA) is 75.3 Å². The second kappa shape index (κ2) is 6.18. The molecule has 21 heavy (non-hydrogen) atoms. The zero-order chi connectivity index (χ0) is 15.6. The largest absolute Gasteiger partial charge is 0.506 e. The molecule has 112 valence electrons. The Morgan fingerprint density at radius 2 is 1.86 bits per heavy atom. The number of rotatable bonds is 4. The highest BCUT2D eigenvalue weighted by molar-refractivity contribution is 6.32. The molecule has 3 N–H and O–H groups in total. The lowest BCUT2D eigenvalue weighted by molar-refractivity contribution is 0.475. The van der Waals surface area contributed by atoms with Crippen molar-refractivity contribution in [3.8, 4) is 17.0 Å². The van der Waals surface area contributed by atoms with Crippen LogP contribution in [0.5, 0.6) is 5.75 Å². The number of halogens is 1. The monoisotopic (exact) mass is 306 g/mol. The van der Waals surface area contributed by atoms with Gasteiger partial charge in [0.25, 0.3) is 0 Å². The van der Waals surface area contributed by atoms with E-state index in [-0.39, 0.29) is 16.7 Å². The van der Waals surface area contributed by atoms with Gasteiger partial charge in [-0.15, -0.1) is 0 Å². The maximum atomic E-state index is 9.65. The van der Waals surface area contributed by atoms with Gasteiger partial charge < -0.3 is 15.7 Å². The number of nitrogens with two attached hydrogens (primary N) is 1. The summed E-state index contributed by atoms with van der Waals surface area (Å²) < 4.78 is 0. The Bertz CT molecular complexity index is 656. The second-order valence-corrected chi connectivity index (χ2v) is 5.17. The number of hydrogen-bond acceptors (Lipinski definition) is 5. The molecule has 0 aliphatic heterocycles. The number of aromatic hydroxyl groups is 1. The first kappa shape index (κ1) is 15.4. The van der Waals surface area contributed by atoms with Gasteiger partial charge in [-0.1, -0.05) is 11.6 Å². The van der Waals surface area contributed by atoms with E-state index in [1.807, 2.05) is 13.0 Å². The van der Waals surface area contributed by atoms with E-state index in [0.29, 0.717) is 5.69 Å². The van der Waals surface area contributed by atoms with Crippen molar-refractivity contribution in [3.63, 3.8) is 0 Å². The third kappa shape index (κ3) is 3.19. The number of phenolic OH excluding ortho intramolecular Hbond substituents is 1. The molecule has 1 aromatic heterocycles. The molecule has 6 heteroatoms. The maximum absolute atomic E-state index is 9.65. The van der Waals surface area contributed by atoms with E-state index in [4.69, 9.17) is 17.3 Å². The molecule has 0 bridgehead atoms. The van der Waals surface area contributed by atoms with Crippen molar-refractivity contribution in [2.24, 2.45) is 0 Å². The molecule has 1 heterocycles. The van der Waals surface area contributed by atoms with Crippen molar-refractivity contribution in [2.75, 3.05) is 23.7 Å². The van der Waals surface area contributed by atoms with E-state index in [0.717, 1.165) is 30.0 Å². The highest BCUT2D eigenvalue weighted by Crippen LogP contribution is 2.33. The first-order valence-electron chi connectivity index (χ1n) is 6.85. The smallest absolute Gasteiger partial charge is 0.222 e. The predicted octanol–water partition coefficient (Wildman–Crippen LogP) is 3.24. The molecule has 0 unspecified atom stereocenters. The summed E-state index contributed by atoms with van der Waals surface area (Å²) in [6, 6.07) is 5.20. The van der Waals surface area contributed by atoms with Gasteiger partial charge in [-0.25, -0.2) is 4.98 Å². The third-order valence-corrected chi connectivity index (χ3v) is 3.69. The van der Waals surface area contributed by atoms with Gasteiger partial charge >= 0.3 is 0 Å². The molecular formula is C15H19ClN4O. The van der Waals surface area contributed by atoms with Crippen molar-refractivity contribution < 1.29 is 5.11 Å². The summed E-state index contributed by atoms with van der Waals surface area (Å²) >= 11 is 6.00. The van der Waals surface area contributed by atoms with E-state index in [1.165, 1.54) is 0 Å². The molecule has 0 spiro atoms. The summed E-state index contributed by atoms with van der Waals surface area (Å²) in [6.07, 6.45) is 0. The standard InChI is InChI=1S/C15H19ClN4O/c1-4-20(5-2)14-8-12(18-15(17)19-14)10-7-11(16)13(21)6-9(10)3/h6-8,21H,4-5H2,1-3H3,(H2,17,18,19). The molecule has 0 aliphatic carbocycles. The molecule has 0 atom stereocenters. The lowest BCUT2D eigenvalue weighted by Gasteiger charge is -2.20. The third-order valence-electron chi connectivity index (χ3n) is 3.39. The van der Waals surface area contributed by atoms with Crippen molar-refractivity contribution in [1.29, 1.82) is 0 Å². The van der Waals surface area contributed by atoms with Gasteiger partial charge in [0.2, 0.25) is 5.95 Å². The van der Waals surface area contributed by atoms with Gasteiger partial charge in [0.1, 0.15) is 11.6 Å². The van der Waals surface area contributed by atoms with Crippen LogP contribution in [0.25, 0.3) is 11.3 Å². The highest BCUT2D eigenvalue weighted by atomic mass is 35.5. The van der Waals surface area contributed by atoms with Crippen molar-refractivity contribution in [3.05, 3.63) is 28.8 Å².